The highest BCUT2D eigenvalue weighted by molar-refractivity contribution is 5.85. The molecule has 0 atom stereocenters. The van der Waals surface area contributed by atoms with Gasteiger partial charge in [0.05, 0.1) is 6.54 Å². The van der Waals surface area contributed by atoms with Crippen molar-refractivity contribution in [2.45, 2.75) is 50.1 Å². The maximum absolute atomic E-state index is 5.92. The number of rotatable bonds is 6. The number of aromatic nitrogens is 4. The zero-order valence-electron chi connectivity index (χ0n) is 13.5. The first-order chi connectivity index (χ1) is 10.8. The number of nitrogens with zero attached hydrogens (tertiary/aromatic N) is 4. The second-order valence-corrected chi connectivity index (χ2v) is 6.43. The van der Waals surface area contributed by atoms with Gasteiger partial charge >= 0.3 is 0 Å². The highest BCUT2D eigenvalue weighted by Gasteiger charge is 2.32. The Hall–Kier alpha value is -1.37. The van der Waals surface area contributed by atoms with Crippen molar-refractivity contribution in [2.75, 3.05) is 11.9 Å². The summed E-state index contributed by atoms with van der Waals surface area (Å²) in [6.07, 6.45) is 8.31. The summed E-state index contributed by atoms with van der Waals surface area (Å²) in [5.74, 6) is 3.04. The van der Waals surface area contributed by atoms with E-state index in [1.54, 1.807) is 6.20 Å². The molecule has 0 amide bonds. The quantitative estimate of drug-likeness (QED) is 0.816. The first kappa shape index (κ1) is 19.0. The molecule has 132 valence electrons. The summed E-state index contributed by atoms with van der Waals surface area (Å²) < 4.78 is 1.92. The molecule has 2 heterocycles. The second-order valence-electron chi connectivity index (χ2n) is 6.43. The molecule has 0 aromatic carbocycles. The molecule has 2 aromatic rings. The maximum atomic E-state index is 5.92. The van der Waals surface area contributed by atoms with Gasteiger partial charge in [-0.2, -0.15) is 5.10 Å². The van der Waals surface area contributed by atoms with Gasteiger partial charge in [-0.25, -0.2) is 9.97 Å². The van der Waals surface area contributed by atoms with Gasteiger partial charge in [0.2, 0.25) is 0 Å². The van der Waals surface area contributed by atoms with Crippen molar-refractivity contribution >= 4 is 30.6 Å². The molecule has 2 fully saturated rings. The summed E-state index contributed by atoms with van der Waals surface area (Å²) >= 11 is 0. The molecule has 0 bridgehead atoms. The lowest BCUT2D eigenvalue weighted by Gasteiger charge is -2.32. The van der Waals surface area contributed by atoms with E-state index in [9.17, 15) is 0 Å². The van der Waals surface area contributed by atoms with Crippen LogP contribution in [0.15, 0.2) is 24.5 Å². The molecular weight excluding hydrogens is 347 g/mol. The van der Waals surface area contributed by atoms with Crippen molar-refractivity contribution < 1.29 is 0 Å². The minimum atomic E-state index is 0. The predicted octanol–water partition coefficient (Wildman–Crippen LogP) is 2.71. The molecular formula is C16H24Cl2N6. The maximum Gasteiger partial charge on any atom is 0.134 e. The van der Waals surface area contributed by atoms with E-state index in [0.717, 1.165) is 37.6 Å². The standard InChI is InChI=1S/C16H22N6.2ClH/c17-13-8-12(9-13)14-10-15(21-16(20-14)11-2-3-11)18-5-7-22-6-1-4-19-22;;/h1,4,6,10-13H,2-3,5,7-9,17H2,(H,18,20,21);2*1H. The Morgan fingerprint density at radius 3 is 2.58 bits per heavy atom. The molecule has 2 saturated carbocycles. The third-order valence-electron chi connectivity index (χ3n) is 4.50. The fourth-order valence-corrected chi connectivity index (χ4v) is 2.94. The van der Waals surface area contributed by atoms with Crippen LogP contribution in [0.4, 0.5) is 5.82 Å². The Labute approximate surface area is 154 Å². The van der Waals surface area contributed by atoms with Crippen LogP contribution in [0.1, 0.15) is 49.0 Å². The third-order valence-corrected chi connectivity index (χ3v) is 4.50. The smallest absolute Gasteiger partial charge is 0.134 e. The lowest BCUT2D eigenvalue weighted by molar-refractivity contribution is 0.344. The number of nitrogens with two attached hydrogens (primary N) is 1. The highest BCUT2D eigenvalue weighted by Crippen LogP contribution is 2.41. The molecule has 3 N–H and O–H groups in total. The molecule has 0 unspecified atom stereocenters. The highest BCUT2D eigenvalue weighted by atomic mass is 35.5. The molecule has 2 aliphatic carbocycles. The first-order valence-corrected chi connectivity index (χ1v) is 8.13. The van der Waals surface area contributed by atoms with Gasteiger partial charge in [0.15, 0.2) is 0 Å². The van der Waals surface area contributed by atoms with Crippen molar-refractivity contribution in [1.82, 2.24) is 19.7 Å². The Bertz CT molecular complexity index is 638. The van der Waals surface area contributed by atoms with Crippen LogP contribution >= 0.6 is 24.8 Å². The third kappa shape index (κ3) is 4.37. The molecule has 24 heavy (non-hydrogen) atoms. The van der Waals surface area contributed by atoms with E-state index in [1.165, 1.54) is 18.5 Å². The van der Waals surface area contributed by atoms with Gasteiger partial charge in [-0.15, -0.1) is 24.8 Å². The van der Waals surface area contributed by atoms with E-state index in [4.69, 9.17) is 15.7 Å². The van der Waals surface area contributed by atoms with Gasteiger partial charge < -0.3 is 11.1 Å². The van der Waals surface area contributed by atoms with Gasteiger partial charge in [-0.05, 0) is 31.7 Å². The minimum absolute atomic E-state index is 0. The molecule has 0 aliphatic heterocycles. The van der Waals surface area contributed by atoms with Gasteiger partial charge in [0.25, 0.3) is 0 Å². The molecule has 4 rings (SSSR count). The minimum Gasteiger partial charge on any atom is -0.368 e. The molecule has 2 aromatic heterocycles. The normalized spacial score (nSPS) is 22.0. The summed E-state index contributed by atoms with van der Waals surface area (Å²) in [7, 11) is 0. The zero-order chi connectivity index (χ0) is 14.9. The fourth-order valence-electron chi connectivity index (χ4n) is 2.94. The largest absolute Gasteiger partial charge is 0.368 e. The second kappa shape index (κ2) is 8.14. The number of nitrogens with one attached hydrogen (secondary N) is 1. The van der Waals surface area contributed by atoms with Crippen LogP contribution in [-0.4, -0.2) is 32.3 Å². The molecule has 0 saturated heterocycles. The van der Waals surface area contributed by atoms with Crippen molar-refractivity contribution in [1.29, 1.82) is 0 Å². The Morgan fingerprint density at radius 2 is 1.96 bits per heavy atom. The SMILES string of the molecule is Cl.Cl.NC1CC(c2cc(NCCn3cccn3)nc(C3CC3)n2)C1. The Kier molecular flexibility index (Phi) is 6.43. The van der Waals surface area contributed by atoms with Crippen molar-refractivity contribution in [3.05, 3.63) is 36.0 Å². The van der Waals surface area contributed by atoms with Gasteiger partial charge in [0.1, 0.15) is 11.6 Å². The van der Waals surface area contributed by atoms with Crippen LogP contribution in [0.3, 0.4) is 0 Å². The van der Waals surface area contributed by atoms with Gasteiger partial charge in [0, 0.05) is 48.6 Å². The van der Waals surface area contributed by atoms with Crippen molar-refractivity contribution in [3.63, 3.8) is 0 Å². The summed E-state index contributed by atoms with van der Waals surface area (Å²) in [5, 5.41) is 7.63. The van der Waals surface area contributed by atoms with Crippen molar-refractivity contribution in [3.8, 4) is 0 Å². The number of halogens is 2. The Balaban J connectivity index is 0.00000104. The average Bonchev–Trinajstić information content (AvgIpc) is 3.22. The van der Waals surface area contributed by atoms with Crippen LogP contribution in [-0.2, 0) is 6.54 Å². The number of hydrogen-bond donors (Lipinski definition) is 2. The number of hydrogen-bond acceptors (Lipinski definition) is 5. The van der Waals surface area contributed by atoms with Gasteiger partial charge in [-0.1, -0.05) is 0 Å². The first-order valence-electron chi connectivity index (χ1n) is 8.13. The molecule has 8 heteroatoms. The van der Waals surface area contributed by atoms with Crippen molar-refractivity contribution in [2.24, 2.45) is 5.73 Å². The summed E-state index contributed by atoms with van der Waals surface area (Å²) in [6.45, 7) is 1.64. The van der Waals surface area contributed by atoms with Crippen LogP contribution in [0.5, 0.6) is 0 Å². The monoisotopic (exact) mass is 370 g/mol. The zero-order valence-corrected chi connectivity index (χ0v) is 15.1. The molecule has 0 radical (unpaired) electrons. The number of anilines is 1. The van der Waals surface area contributed by atoms with E-state index in [2.05, 4.69) is 16.5 Å². The molecule has 0 spiro atoms. The Morgan fingerprint density at radius 1 is 1.17 bits per heavy atom. The van der Waals surface area contributed by atoms with E-state index in [1.807, 2.05) is 16.9 Å². The van der Waals surface area contributed by atoms with Crippen LogP contribution in [0.25, 0.3) is 0 Å². The van der Waals surface area contributed by atoms with Crippen LogP contribution < -0.4 is 11.1 Å². The summed E-state index contributed by atoms with van der Waals surface area (Å²) in [4.78, 5) is 9.48. The summed E-state index contributed by atoms with van der Waals surface area (Å²) in [6, 6.07) is 4.39. The summed E-state index contributed by atoms with van der Waals surface area (Å²) in [5.41, 5.74) is 7.09. The topological polar surface area (TPSA) is 81.6 Å². The van der Waals surface area contributed by atoms with E-state index < -0.39 is 0 Å². The van der Waals surface area contributed by atoms with Gasteiger partial charge in [-0.3, -0.25) is 4.68 Å². The lowest BCUT2D eigenvalue weighted by Crippen LogP contribution is -2.35. The van der Waals surface area contributed by atoms with Crippen LogP contribution in [0.2, 0.25) is 0 Å². The molecule has 2 aliphatic rings. The van der Waals surface area contributed by atoms with E-state index >= 15 is 0 Å². The van der Waals surface area contributed by atoms with E-state index in [0.29, 0.717) is 17.9 Å². The average molecular weight is 371 g/mol. The fraction of sp³-hybridized carbons (Fsp3) is 0.562. The van der Waals surface area contributed by atoms with E-state index in [-0.39, 0.29) is 24.8 Å². The lowest BCUT2D eigenvalue weighted by atomic mass is 9.78. The predicted molar refractivity (Wildman–Crippen MR) is 99.2 cm³/mol. The molecule has 6 nitrogen and oxygen atoms in total. The van der Waals surface area contributed by atoms with Crippen LogP contribution in [0, 0.1) is 0 Å².